The first-order valence-electron chi connectivity index (χ1n) is 4.65. The summed E-state index contributed by atoms with van der Waals surface area (Å²) in [4.78, 5) is 0. The predicted molar refractivity (Wildman–Crippen MR) is 72.3 cm³/mol. The van der Waals surface area contributed by atoms with Crippen LogP contribution in [-0.4, -0.2) is 20.4 Å². The highest BCUT2D eigenvalue weighted by Crippen LogP contribution is 2.27. The van der Waals surface area contributed by atoms with E-state index < -0.39 is 0 Å². The molecule has 0 bridgehead atoms. The fourth-order valence-corrected chi connectivity index (χ4v) is 1.36. The van der Waals surface area contributed by atoms with E-state index in [9.17, 15) is 0 Å². The summed E-state index contributed by atoms with van der Waals surface area (Å²) in [6, 6.07) is 10.5. The van der Waals surface area contributed by atoms with Gasteiger partial charge in [-0.15, -0.1) is 0 Å². The molecule has 0 spiro atoms. The third-order valence-electron chi connectivity index (χ3n) is 1.79. The van der Waals surface area contributed by atoms with Gasteiger partial charge in [0.2, 0.25) is 0 Å². The van der Waals surface area contributed by atoms with Crippen LogP contribution in [0.2, 0.25) is 0 Å². The molecule has 5 heteroatoms. The van der Waals surface area contributed by atoms with Crippen LogP contribution in [0, 0.1) is 3.57 Å². The van der Waals surface area contributed by atoms with Crippen molar-refractivity contribution >= 4 is 22.6 Å². The molecule has 0 atom stereocenters. The van der Waals surface area contributed by atoms with Crippen LogP contribution < -0.4 is 0 Å². The number of halogens is 1. The first-order chi connectivity index (χ1) is 8.00. The van der Waals surface area contributed by atoms with Crippen molar-refractivity contribution in [1.82, 2.24) is 0 Å². The van der Waals surface area contributed by atoms with E-state index in [0.717, 1.165) is 0 Å². The fraction of sp³-hybridized carbons (Fsp3) is 0. The van der Waals surface area contributed by atoms with Gasteiger partial charge in [-0.1, -0.05) is 12.1 Å². The van der Waals surface area contributed by atoms with E-state index in [4.69, 9.17) is 20.4 Å². The zero-order chi connectivity index (χ0) is 12.8. The van der Waals surface area contributed by atoms with Crippen molar-refractivity contribution in [1.29, 1.82) is 0 Å². The first-order valence-corrected chi connectivity index (χ1v) is 5.73. The van der Waals surface area contributed by atoms with E-state index in [1.165, 1.54) is 30.3 Å². The lowest BCUT2D eigenvalue weighted by Gasteiger charge is -1.96. The second-order valence-corrected chi connectivity index (χ2v) is 4.21. The third-order valence-corrected chi connectivity index (χ3v) is 2.89. The molecule has 4 nitrogen and oxygen atoms in total. The van der Waals surface area contributed by atoms with Gasteiger partial charge in [-0.25, -0.2) is 0 Å². The minimum Gasteiger partial charge on any atom is -0.508 e. The Morgan fingerprint density at radius 3 is 1.41 bits per heavy atom. The second kappa shape index (κ2) is 6.19. The molecule has 2 aromatic rings. The Kier molecular flexibility index (Phi) is 4.89. The Balaban J connectivity index is 0.000000171. The summed E-state index contributed by atoms with van der Waals surface area (Å²) in [5, 5.41) is 35.2. The molecule has 4 N–H and O–H groups in total. The Morgan fingerprint density at radius 1 is 0.706 bits per heavy atom. The van der Waals surface area contributed by atoms with Gasteiger partial charge in [0.1, 0.15) is 23.0 Å². The maximum absolute atomic E-state index is 8.93. The summed E-state index contributed by atoms with van der Waals surface area (Å²) in [5.41, 5.74) is 0. The smallest absolute Gasteiger partial charge is 0.132 e. The van der Waals surface area contributed by atoms with Crippen molar-refractivity contribution in [2.45, 2.75) is 0 Å². The summed E-state index contributed by atoms with van der Waals surface area (Å²) >= 11 is 1.87. The molecule has 0 saturated heterocycles. The zero-order valence-electron chi connectivity index (χ0n) is 8.71. The van der Waals surface area contributed by atoms with Crippen molar-refractivity contribution in [2.75, 3.05) is 0 Å². The SMILES string of the molecule is Oc1cccc(O)c1.Oc1cccc(O)c1I. The second-order valence-electron chi connectivity index (χ2n) is 3.13. The molecule has 0 aliphatic carbocycles. The Labute approximate surface area is 112 Å². The molecule has 0 fully saturated rings. The highest BCUT2D eigenvalue weighted by Gasteiger charge is 1.99. The molecule has 0 saturated carbocycles. The Morgan fingerprint density at radius 2 is 1.12 bits per heavy atom. The van der Waals surface area contributed by atoms with Gasteiger partial charge in [-0.3, -0.25) is 0 Å². The molecule has 0 aliphatic rings. The van der Waals surface area contributed by atoms with Crippen LogP contribution in [0.5, 0.6) is 23.0 Å². The number of hydrogen-bond acceptors (Lipinski definition) is 4. The molecular formula is C12H11IO4. The van der Waals surface area contributed by atoms with Gasteiger partial charge in [0.15, 0.2) is 0 Å². The van der Waals surface area contributed by atoms with Crippen LogP contribution >= 0.6 is 22.6 Å². The lowest BCUT2D eigenvalue weighted by atomic mass is 10.3. The highest BCUT2D eigenvalue weighted by molar-refractivity contribution is 14.1. The fourth-order valence-electron chi connectivity index (χ4n) is 1.00. The predicted octanol–water partition coefficient (Wildman–Crippen LogP) is 2.80. The number of phenolic OH excluding ortho intramolecular Hbond substituents is 4. The molecule has 0 unspecified atom stereocenters. The third kappa shape index (κ3) is 4.39. The number of hydrogen-bond donors (Lipinski definition) is 4. The zero-order valence-corrected chi connectivity index (χ0v) is 10.9. The monoisotopic (exact) mass is 346 g/mol. The summed E-state index contributed by atoms with van der Waals surface area (Å²) in [6.45, 7) is 0. The van der Waals surface area contributed by atoms with E-state index in [-0.39, 0.29) is 23.0 Å². The van der Waals surface area contributed by atoms with E-state index >= 15 is 0 Å². The van der Waals surface area contributed by atoms with E-state index in [2.05, 4.69) is 0 Å². The van der Waals surface area contributed by atoms with Gasteiger partial charge in [0.05, 0.1) is 3.57 Å². The molecule has 17 heavy (non-hydrogen) atoms. The average Bonchev–Trinajstić information content (AvgIpc) is 2.26. The van der Waals surface area contributed by atoms with Crippen LogP contribution in [0.25, 0.3) is 0 Å². The van der Waals surface area contributed by atoms with Crippen LogP contribution in [0.4, 0.5) is 0 Å². The van der Waals surface area contributed by atoms with Gasteiger partial charge in [0, 0.05) is 6.07 Å². The molecule has 0 radical (unpaired) electrons. The van der Waals surface area contributed by atoms with Crippen LogP contribution in [-0.2, 0) is 0 Å². The van der Waals surface area contributed by atoms with Crippen molar-refractivity contribution in [3.05, 3.63) is 46.0 Å². The standard InChI is InChI=1S/C6H5IO2.C6H6O2/c7-6-4(8)2-1-3-5(6)9;7-5-2-1-3-6(8)4-5/h1-3,8-9H;1-4,7-8H. The van der Waals surface area contributed by atoms with Gasteiger partial charge in [-0.2, -0.15) is 0 Å². The van der Waals surface area contributed by atoms with E-state index in [1.54, 1.807) is 12.1 Å². The largest absolute Gasteiger partial charge is 0.508 e. The normalized spacial score (nSPS) is 9.24. The maximum atomic E-state index is 8.93. The van der Waals surface area contributed by atoms with E-state index in [0.29, 0.717) is 3.57 Å². The van der Waals surface area contributed by atoms with Crippen molar-refractivity contribution in [3.8, 4) is 23.0 Å². The lowest BCUT2D eigenvalue weighted by Crippen LogP contribution is -1.72. The van der Waals surface area contributed by atoms with Crippen LogP contribution in [0.3, 0.4) is 0 Å². The molecule has 90 valence electrons. The maximum Gasteiger partial charge on any atom is 0.132 e. The molecule has 2 rings (SSSR count). The first kappa shape index (κ1) is 13.4. The van der Waals surface area contributed by atoms with Crippen molar-refractivity contribution in [3.63, 3.8) is 0 Å². The number of rotatable bonds is 0. The van der Waals surface area contributed by atoms with Gasteiger partial charge in [-0.05, 0) is 46.9 Å². The molecule has 2 aromatic carbocycles. The van der Waals surface area contributed by atoms with Crippen molar-refractivity contribution in [2.24, 2.45) is 0 Å². The summed E-state index contributed by atoms with van der Waals surface area (Å²) < 4.78 is 0.495. The van der Waals surface area contributed by atoms with Crippen LogP contribution in [0.1, 0.15) is 0 Å². The van der Waals surface area contributed by atoms with Crippen molar-refractivity contribution < 1.29 is 20.4 Å². The highest BCUT2D eigenvalue weighted by atomic mass is 127. The minimum absolute atomic E-state index is 0.0880. The molecular weight excluding hydrogens is 335 g/mol. The molecule has 0 aliphatic heterocycles. The molecule has 0 amide bonds. The number of aromatic hydroxyl groups is 4. The van der Waals surface area contributed by atoms with Gasteiger partial charge < -0.3 is 20.4 Å². The van der Waals surface area contributed by atoms with Crippen LogP contribution in [0.15, 0.2) is 42.5 Å². The molecule has 0 heterocycles. The number of benzene rings is 2. The summed E-state index contributed by atoms with van der Waals surface area (Å²) in [5.74, 6) is 0.418. The minimum atomic E-state index is 0.0880. The Hall–Kier alpha value is -1.63. The Bertz CT molecular complexity index is 462. The number of phenols is 4. The average molecular weight is 346 g/mol. The van der Waals surface area contributed by atoms with E-state index in [1.807, 2.05) is 22.6 Å². The summed E-state index contributed by atoms with van der Waals surface area (Å²) in [6.07, 6.45) is 0. The van der Waals surface area contributed by atoms with Gasteiger partial charge in [0.25, 0.3) is 0 Å². The topological polar surface area (TPSA) is 80.9 Å². The summed E-state index contributed by atoms with van der Waals surface area (Å²) in [7, 11) is 0. The van der Waals surface area contributed by atoms with Gasteiger partial charge >= 0.3 is 0 Å². The lowest BCUT2D eigenvalue weighted by molar-refractivity contribution is 0.443. The quantitative estimate of drug-likeness (QED) is 0.553. The molecule has 0 aromatic heterocycles.